The second-order valence-corrected chi connectivity index (χ2v) is 3.94. The van der Waals surface area contributed by atoms with Crippen LogP contribution < -0.4 is 4.74 Å². The van der Waals surface area contributed by atoms with E-state index in [0.717, 1.165) is 5.56 Å². The van der Waals surface area contributed by atoms with Gasteiger partial charge in [0.2, 0.25) is 0 Å². The SMILES string of the molecule is CCOC(=O)COc1ccccc1Cn1ccnc1. The van der Waals surface area contributed by atoms with Gasteiger partial charge in [-0.2, -0.15) is 0 Å². The molecular formula is C14H16N2O3. The van der Waals surface area contributed by atoms with Gasteiger partial charge in [0.05, 0.1) is 19.5 Å². The lowest BCUT2D eigenvalue weighted by Gasteiger charge is -2.11. The molecule has 5 heteroatoms. The molecule has 0 fully saturated rings. The Morgan fingerprint density at radius 3 is 2.95 bits per heavy atom. The van der Waals surface area contributed by atoms with Crippen LogP contribution in [0.15, 0.2) is 43.0 Å². The van der Waals surface area contributed by atoms with Crippen molar-refractivity contribution in [1.82, 2.24) is 9.55 Å². The van der Waals surface area contributed by atoms with Crippen molar-refractivity contribution < 1.29 is 14.3 Å². The van der Waals surface area contributed by atoms with Gasteiger partial charge >= 0.3 is 5.97 Å². The molecule has 0 unspecified atom stereocenters. The molecule has 0 saturated heterocycles. The van der Waals surface area contributed by atoms with E-state index in [0.29, 0.717) is 18.9 Å². The Morgan fingerprint density at radius 1 is 1.37 bits per heavy atom. The van der Waals surface area contributed by atoms with E-state index in [-0.39, 0.29) is 12.6 Å². The number of hydrogen-bond donors (Lipinski definition) is 0. The predicted octanol–water partition coefficient (Wildman–Crippen LogP) is 1.87. The first-order valence-corrected chi connectivity index (χ1v) is 6.11. The number of esters is 1. The third kappa shape index (κ3) is 3.84. The molecule has 5 nitrogen and oxygen atoms in total. The fraction of sp³-hybridized carbons (Fsp3) is 0.286. The molecule has 100 valence electrons. The van der Waals surface area contributed by atoms with Crippen LogP contribution in [0.25, 0.3) is 0 Å². The maximum Gasteiger partial charge on any atom is 0.344 e. The highest BCUT2D eigenvalue weighted by atomic mass is 16.6. The van der Waals surface area contributed by atoms with E-state index >= 15 is 0 Å². The van der Waals surface area contributed by atoms with Gasteiger partial charge in [0.15, 0.2) is 6.61 Å². The summed E-state index contributed by atoms with van der Waals surface area (Å²) in [7, 11) is 0. The van der Waals surface area contributed by atoms with Gasteiger partial charge in [-0.05, 0) is 13.0 Å². The molecule has 2 aromatic rings. The van der Waals surface area contributed by atoms with Crippen LogP contribution >= 0.6 is 0 Å². The highest BCUT2D eigenvalue weighted by Crippen LogP contribution is 2.19. The Bertz CT molecular complexity index is 523. The molecule has 1 aromatic heterocycles. The molecule has 0 spiro atoms. The normalized spacial score (nSPS) is 10.2. The Kier molecular flexibility index (Phi) is 4.55. The second kappa shape index (κ2) is 6.58. The van der Waals surface area contributed by atoms with Crippen LogP contribution in [0.4, 0.5) is 0 Å². The molecule has 0 N–H and O–H groups in total. The van der Waals surface area contributed by atoms with Crippen LogP contribution in [0.5, 0.6) is 5.75 Å². The average Bonchev–Trinajstić information content (AvgIpc) is 2.91. The van der Waals surface area contributed by atoms with Crippen molar-refractivity contribution in [2.75, 3.05) is 13.2 Å². The summed E-state index contributed by atoms with van der Waals surface area (Å²) in [6.07, 6.45) is 5.34. The summed E-state index contributed by atoms with van der Waals surface area (Å²) in [6.45, 7) is 2.71. The van der Waals surface area contributed by atoms with E-state index in [4.69, 9.17) is 9.47 Å². The number of hydrogen-bond acceptors (Lipinski definition) is 4. The highest BCUT2D eigenvalue weighted by molar-refractivity contribution is 5.71. The minimum atomic E-state index is -0.361. The van der Waals surface area contributed by atoms with Crippen molar-refractivity contribution in [1.29, 1.82) is 0 Å². The summed E-state index contributed by atoms with van der Waals surface area (Å²) in [5, 5.41) is 0. The van der Waals surface area contributed by atoms with E-state index < -0.39 is 0 Å². The number of benzene rings is 1. The van der Waals surface area contributed by atoms with Crippen molar-refractivity contribution in [3.05, 3.63) is 48.5 Å². The molecule has 0 aliphatic carbocycles. The lowest BCUT2D eigenvalue weighted by atomic mass is 10.2. The van der Waals surface area contributed by atoms with Gasteiger partial charge in [-0.1, -0.05) is 18.2 Å². The topological polar surface area (TPSA) is 53.4 Å². The van der Waals surface area contributed by atoms with Gasteiger partial charge in [-0.25, -0.2) is 9.78 Å². The molecular weight excluding hydrogens is 244 g/mol. The quantitative estimate of drug-likeness (QED) is 0.744. The molecule has 19 heavy (non-hydrogen) atoms. The minimum Gasteiger partial charge on any atom is -0.482 e. The van der Waals surface area contributed by atoms with Gasteiger partial charge in [0.25, 0.3) is 0 Å². The zero-order chi connectivity index (χ0) is 13.5. The lowest BCUT2D eigenvalue weighted by molar-refractivity contribution is -0.145. The predicted molar refractivity (Wildman–Crippen MR) is 69.9 cm³/mol. The number of ether oxygens (including phenoxy) is 2. The van der Waals surface area contributed by atoms with E-state index in [2.05, 4.69) is 4.98 Å². The van der Waals surface area contributed by atoms with Gasteiger partial charge in [0, 0.05) is 18.0 Å². The molecule has 0 aliphatic heterocycles. The highest BCUT2D eigenvalue weighted by Gasteiger charge is 2.07. The number of aromatic nitrogens is 2. The van der Waals surface area contributed by atoms with Crippen molar-refractivity contribution in [3.63, 3.8) is 0 Å². The fourth-order valence-electron chi connectivity index (χ4n) is 1.69. The zero-order valence-electron chi connectivity index (χ0n) is 10.8. The van der Waals surface area contributed by atoms with Gasteiger partial charge in [-0.3, -0.25) is 0 Å². The Morgan fingerprint density at radius 2 is 2.21 bits per heavy atom. The van der Waals surface area contributed by atoms with E-state index in [1.165, 1.54) is 0 Å². The number of imidazole rings is 1. The molecule has 0 atom stereocenters. The van der Waals surface area contributed by atoms with Crippen molar-refractivity contribution in [2.45, 2.75) is 13.5 Å². The summed E-state index contributed by atoms with van der Waals surface area (Å²) >= 11 is 0. The molecule has 0 aliphatic rings. The first-order chi connectivity index (χ1) is 9.29. The monoisotopic (exact) mass is 260 g/mol. The summed E-state index contributed by atoms with van der Waals surface area (Å²) in [5.41, 5.74) is 0.991. The van der Waals surface area contributed by atoms with E-state index in [1.807, 2.05) is 35.0 Å². The molecule has 1 heterocycles. The van der Waals surface area contributed by atoms with Gasteiger partial charge in [0.1, 0.15) is 5.75 Å². The summed E-state index contributed by atoms with van der Waals surface area (Å²) < 4.78 is 12.3. The first kappa shape index (κ1) is 13.1. The van der Waals surface area contributed by atoms with Crippen LogP contribution in [0.3, 0.4) is 0 Å². The number of para-hydroxylation sites is 1. The third-order valence-corrected chi connectivity index (χ3v) is 2.54. The Balaban J connectivity index is 2.02. The molecule has 0 saturated carbocycles. The van der Waals surface area contributed by atoms with Crippen molar-refractivity contribution in [3.8, 4) is 5.75 Å². The maximum atomic E-state index is 11.3. The molecule has 0 amide bonds. The molecule has 0 radical (unpaired) electrons. The van der Waals surface area contributed by atoms with E-state index in [1.54, 1.807) is 19.4 Å². The Hall–Kier alpha value is -2.30. The first-order valence-electron chi connectivity index (χ1n) is 6.11. The maximum absolute atomic E-state index is 11.3. The largest absolute Gasteiger partial charge is 0.482 e. The van der Waals surface area contributed by atoms with Crippen molar-refractivity contribution >= 4 is 5.97 Å². The number of carbonyl (C=O) groups is 1. The summed E-state index contributed by atoms with van der Waals surface area (Å²) in [6, 6.07) is 7.60. The van der Waals surface area contributed by atoms with Crippen LogP contribution in [0.1, 0.15) is 12.5 Å². The third-order valence-electron chi connectivity index (χ3n) is 2.54. The Labute approximate surface area is 111 Å². The second-order valence-electron chi connectivity index (χ2n) is 3.94. The molecule has 1 aromatic carbocycles. The number of nitrogens with zero attached hydrogens (tertiary/aromatic N) is 2. The van der Waals surface area contributed by atoms with Gasteiger partial charge < -0.3 is 14.0 Å². The van der Waals surface area contributed by atoms with Crippen LogP contribution in [0, 0.1) is 0 Å². The van der Waals surface area contributed by atoms with Crippen molar-refractivity contribution in [2.24, 2.45) is 0 Å². The zero-order valence-corrected chi connectivity index (χ0v) is 10.8. The minimum absolute atomic E-state index is 0.0746. The van der Waals surface area contributed by atoms with E-state index in [9.17, 15) is 4.79 Å². The summed E-state index contributed by atoms with van der Waals surface area (Å²) in [4.78, 5) is 15.3. The molecule has 0 bridgehead atoms. The smallest absolute Gasteiger partial charge is 0.344 e. The number of rotatable bonds is 6. The van der Waals surface area contributed by atoms with Crippen LogP contribution in [0.2, 0.25) is 0 Å². The fourth-order valence-corrected chi connectivity index (χ4v) is 1.69. The lowest BCUT2D eigenvalue weighted by Crippen LogP contribution is -2.15. The van der Waals surface area contributed by atoms with Gasteiger partial charge in [-0.15, -0.1) is 0 Å². The summed E-state index contributed by atoms with van der Waals surface area (Å²) in [5.74, 6) is 0.323. The standard InChI is InChI=1S/C14H16N2O3/c1-2-18-14(17)10-19-13-6-4-3-5-12(13)9-16-8-7-15-11-16/h3-8,11H,2,9-10H2,1H3. The molecule has 2 rings (SSSR count). The van der Waals surface area contributed by atoms with Crippen LogP contribution in [-0.4, -0.2) is 28.7 Å². The van der Waals surface area contributed by atoms with Crippen LogP contribution in [-0.2, 0) is 16.1 Å². The average molecular weight is 260 g/mol. The number of carbonyl (C=O) groups excluding carboxylic acids is 1.